The first-order valence-corrected chi connectivity index (χ1v) is 6.83. The van der Waals surface area contributed by atoms with Crippen molar-refractivity contribution in [3.05, 3.63) is 0 Å². The van der Waals surface area contributed by atoms with Crippen LogP contribution in [-0.4, -0.2) is 63.0 Å². The van der Waals surface area contributed by atoms with Crippen LogP contribution in [0.25, 0.3) is 0 Å². The number of rotatable bonds is 9. The highest BCUT2D eigenvalue weighted by molar-refractivity contribution is 7.89. The fourth-order valence-electron chi connectivity index (χ4n) is 1.38. The van der Waals surface area contributed by atoms with E-state index in [9.17, 15) is 8.42 Å². The van der Waals surface area contributed by atoms with Gasteiger partial charge >= 0.3 is 0 Å². The van der Waals surface area contributed by atoms with E-state index in [0.717, 1.165) is 0 Å². The van der Waals surface area contributed by atoms with Crippen molar-refractivity contribution in [2.24, 2.45) is 5.73 Å². The number of nitrogens with zero attached hydrogens (tertiary/aromatic N) is 1. The van der Waals surface area contributed by atoms with Gasteiger partial charge < -0.3 is 15.6 Å². The predicted octanol–water partition coefficient (Wildman–Crippen LogP) is -1.01. The lowest BCUT2D eigenvalue weighted by molar-refractivity contribution is 0.168. The van der Waals surface area contributed by atoms with Crippen LogP contribution in [0.15, 0.2) is 0 Å². The van der Waals surface area contributed by atoms with Gasteiger partial charge in [-0.2, -0.15) is 4.31 Å². The molecule has 7 heteroatoms. The molecule has 0 saturated carbocycles. The maximum atomic E-state index is 12.1. The SMILES string of the molecule is CCC(CN)S(=O)(=O)N(CCO)CCOC. The van der Waals surface area contributed by atoms with Gasteiger partial charge in [-0.3, -0.25) is 0 Å². The minimum absolute atomic E-state index is 0.0855. The largest absolute Gasteiger partial charge is 0.395 e. The number of methoxy groups -OCH3 is 1. The molecule has 0 saturated heterocycles. The number of nitrogens with two attached hydrogens (primary N) is 1. The Bertz CT molecular complexity index is 265. The van der Waals surface area contributed by atoms with Crippen LogP contribution in [0.3, 0.4) is 0 Å². The molecule has 1 unspecified atom stereocenters. The molecule has 0 amide bonds. The van der Waals surface area contributed by atoms with Gasteiger partial charge in [-0.05, 0) is 6.42 Å². The smallest absolute Gasteiger partial charge is 0.218 e. The third-order valence-corrected chi connectivity index (χ3v) is 4.85. The summed E-state index contributed by atoms with van der Waals surface area (Å²) in [5.74, 6) is 0. The molecule has 98 valence electrons. The van der Waals surface area contributed by atoms with Crippen molar-refractivity contribution >= 4 is 10.0 Å². The molecule has 1 atom stereocenters. The van der Waals surface area contributed by atoms with E-state index in [2.05, 4.69) is 0 Å². The highest BCUT2D eigenvalue weighted by Crippen LogP contribution is 2.11. The Morgan fingerprint density at radius 1 is 1.44 bits per heavy atom. The van der Waals surface area contributed by atoms with Crippen LogP contribution in [0, 0.1) is 0 Å². The van der Waals surface area contributed by atoms with Gasteiger partial charge in [0.05, 0.1) is 18.5 Å². The molecule has 0 spiro atoms. The molecule has 0 radical (unpaired) electrons. The molecule has 0 bridgehead atoms. The molecule has 0 rings (SSSR count). The normalized spacial score (nSPS) is 14.3. The molecule has 16 heavy (non-hydrogen) atoms. The fraction of sp³-hybridized carbons (Fsp3) is 1.00. The van der Waals surface area contributed by atoms with Crippen molar-refractivity contribution in [1.29, 1.82) is 0 Å². The third-order valence-electron chi connectivity index (χ3n) is 2.39. The summed E-state index contributed by atoms with van der Waals surface area (Å²) in [5, 5.41) is 8.26. The van der Waals surface area contributed by atoms with Crippen LogP contribution in [0.2, 0.25) is 0 Å². The average Bonchev–Trinajstić information content (AvgIpc) is 2.25. The quantitative estimate of drug-likeness (QED) is 0.550. The van der Waals surface area contributed by atoms with E-state index in [4.69, 9.17) is 15.6 Å². The molecule has 0 aromatic carbocycles. The number of hydrogen-bond acceptors (Lipinski definition) is 5. The van der Waals surface area contributed by atoms with Crippen LogP contribution in [0.1, 0.15) is 13.3 Å². The lowest BCUT2D eigenvalue weighted by Gasteiger charge is -2.25. The highest BCUT2D eigenvalue weighted by atomic mass is 32.2. The molecule has 0 aliphatic rings. The second-order valence-electron chi connectivity index (χ2n) is 3.43. The van der Waals surface area contributed by atoms with Gasteiger partial charge in [0.25, 0.3) is 0 Å². The number of ether oxygens (including phenoxy) is 1. The third kappa shape index (κ3) is 4.34. The molecular weight excluding hydrogens is 232 g/mol. The molecule has 6 nitrogen and oxygen atoms in total. The van der Waals surface area contributed by atoms with Crippen LogP contribution < -0.4 is 5.73 Å². The van der Waals surface area contributed by atoms with Gasteiger partial charge in [0, 0.05) is 26.7 Å². The monoisotopic (exact) mass is 254 g/mol. The van der Waals surface area contributed by atoms with E-state index >= 15 is 0 Å². The summed E-state index contributed by atoms with van der Waals surface area (Å²) in [5.41, 5.74) is 5.43. The summed E-state index contributed by atoms with van der Waals surface area (Å²) < 4.78 is 30.2. The molecule has 0 aromatic heterocycles. The van der Waals surface area contributed by atoms with Crippen LogP contribution in [-0.2, 0) is 14.8 Å². The number of aliphatic hydroxyl groups excluding tert-OH is 1. The standard InChI is InChI=1S/C9H22N2O4S/c1-3-9(8-10)16(13,14)11(4-6-12)5-7-15-2/h9,12H,3-8,10H2,1-2H3. The maximum Gasteiger partial charge on any atom is 0.218 e. The average molecular weight is 254 g/mol. The van der Waals surface area contributed by atoms with E-state index in [1.807, 2.05) is 0 Å². The molecule has 3 N–H and O–H groups in total. The zero-order chi connectivity index (χ0) is 12.6. The van der Waals surface area contributed by atoms with Gasteiger partial charge in [-0.1, -0.05) is 6.92 Å². The summed E-state index contributed by atoms with van der Waals surface area (Å²) in [7, 11) is -1.93. The van der Waals surface area contributed by atoms with Crippen molar-refractivity contribution in [3.8, 4) is 0 Å². The van der Waals surface area contributed by atoms with Crippen LogP contribution in [0.4, 0.5) is 0 Å². The molecule has 0 aliphatic carbocycles. The number of aliphatic hydroxyl groups is 1. The van der Waals surface area contributed by atoms with E-state index in [1.165, 1.54) is 11.4 Å². The second-order valence-corrected chi connectivity index (χ2v) is 5.64. The van der Waals surface area contributed by atoms with Crippen molar-refractivity contribution in [1.82, 2.24) is 4.31 Å². The summed E-state index contributed by atoms with van der Waals surface area (Å²) in [6.07, 6.45) is 0.466. The first-order chi connectivity index (χ1) is 7.54. The Morgan fingerprint density at radius 3 is 2.44 bits per heavy atom. The summed E-state index contributed by atoms with van der Waals surface area (Å²) >= 11 is 0. The minimum Gasteiger partial charge on any atom is -0.395 e. The topological polar surface area (TPSA) is 92.9 Å². The molecular formula is C9H22N2O4S. The predicted molar refractivity (Wildman–Crippen MR) is 62.6 cm³/mol. The zero-order valence-corrected chi connectivity index (χ0v) is 10.7. The summed E-state index contributed by atoms with van der Waals surface area (Å²) in [6, 6.07) is 0. The lowest BCUT2D eigenvalue weighted by atomic mass is 10.3. The molecule has 0 heterocycles. The summed E-state index contributed by atoms with van der Waals surface area (Å²) in [4.78, 5) is 0. The van der Waals surface area contributed by atoms with Crippen molar-refractivity contribution < 1.29 is 18.3 Å². The number of sulfonamides is 1. The Morgan fingerprint density at radius 2 is 2.06 bits per heavy atom. The van der Waals surface area contributed by atoms with Crippen molar-refractivity contribution in [2.45, 2.75) is 18.6 Å². The van der Waals surface area contributed by atoms with E-state index in [1.54, 1.807) is 6.92 Å². The van der Waals surface area contributed by atoms with E-state index in [-0.39, 0.29) is 26.2 Å². The van der Waals surface area contributed by atoms with Crippen LogP contribution >= 0.6 is 0 Å². The van der Waals surface area contributed by atoms with E-state index < -0.39 is 15.3 Å². The Hall–Kier alpha value is -0.210. The minimum atomic E-state index is -3.43. The Balaban J connectivity index is 4.72. The van der Waals surface area contributed by atoms with E-state index in [0.29, 0.717) is 13.0 Å². The van der Waals surface area contributed by atoms with Crippen LogP contribution in [0.5, 0.6) is 0 Å². The molecule has 0 fully saturated rings. The first kappa shape index (κ1) is 15.8. The van der Waals surface area contributed by atoms with Gasteiger partial charge in [0.2, 0.25) is 10.0 Å². The zero-order valence-electron chi connectivity index (χ0n) is 9.92. The lowest BCUT2D eigenvalue weighted by Crippen LogP contribution is -2.44. The Kier molecular flexibility index (Phi) is 7.86. The van der Waals surface area contributed by atoms with Gasteiger partial charge in [-0.15, -0.1) is 0 Å². The van der Waals surface area contributed by atoms with Crippen molar-refractivity contribution in [3.63, 3.8) is 0 Å². The fourth-order valence-corrected chi connectivity index (χ4v) is 3.13. The number of hydrogen-bond donors (Lipinski definition) is 2. The van der Waals surface area contributed by atoms with Gasteiger partial charge in [0.1, 0.15) is 0 Å². The first-order valence-electron chi connectivity index (χ1n) is 5.33. The van der Waals surface area contributed by atoms with Gasteiger partial charge in [-0.25, -0.2) is 8.42 Å². The highest BCUT2D eigenvalue weighted by Gasteiger charge is 2.29. The van der Waals surface area contributed by atoms with Gasteiger partial charge in [0.15, 0.2) is 0 Å². The summed E-state index contributed by atoms with van der Waals surface area (Å²) in [6.45, 7) is 2.30. The maximum absolute atomic E-state index is 12.1. The second kappa shape index (κ2) is 7.97. The molecule has 0 aliphatic heterocycles. The van der Waals surface area contributed by atoms with Crippen molar-refractivity contribution in [2.75, 3.05) is 40.0 Å². The molecule has 0 aromatic rings. The Labute approximate surface area is 97.4 Å².